The maximum atomic E-state index is 9.72. The lowest BCUT2D eigenvalue weighted by atomic mass is 10.1. The Labute approximate surface area is 91.3 Å². The Morgan fingerprint density at radius 3 is 2.60 bits per heavy atom. The van der Waals surface area contributed by atoms with Crippen LogP contribution < -0.4 is 5.32 Å². The standard InChI is InChI=1S/C13H19NO/c1-10(11-6-3-2-4-7-11)14-12-8-5-9-13(12)15/h2-4,6-7,10,12-15H,5,8-9H2,1H3/t10-,12-,13-/m0/s1. The maximum absolute atomic E-state index is 9.72. The summed E-state index contributed by atoms with van der Waals surface area (Å²) in [6.45, 7) is 2.15. The summed E-state index contributed by atoms with van der Waals surface area (Å²) in [4.78, 5) is 0. The molecule has 1 aliphatic rings. The highest BCUT2D eigenvalue weighted by Gasteiger charge is 2.26. The summed E-state index contributed by atoms with van der Waals surface area (Å²) in [5.74, 6) is 0. The van der Waals surface area contributed by atoms with Gasteiger partial charge in [-0.25, -0.2) is 0 Å². The molecular weight excluding hydrogens is 186 g/mol. The molecule has 1 aromatic carbocycles. The van der Waals surface area contributed by atoms with Crippen molar-refractivity contribution in [3.8, 4) is 0 Å². The van der Waals surface area contributed by atoms with Crippen molar-refractivity contribution in [2.24, 2.45) is 0 Å². The van der Waals surface area contributed by atoms with Gasteiger partial charge in [0, 0.05) is 12.1 Å². The average molecular weight is 205 g/mol. The zero-order valence-electron chi connectivity index (χ0n) is 9.19. The molecule has 2 rings (SSSR count). The molecule has 2 heteroatoms. The Kier molecular flexibility index (Phi) is 3.39. The molecule has 0 heterocycles. The summed E-state index contributed by atoms with van der Waals surface area (Å²) in [6.07, 6.45) is 3.02. The van der Waals surface area contributed by atoms with Gasteiger partial charge in [-0.2, -0.15) is 0 Å². The largest absolute Gasteiger partial charge is 0.392 e. The van der Waals surface area contributed by atoms with Crippen molar-refractivity contribution in [2.45, 2.75) is 44.4 Å². The van der Waals surface area contributed by atoms with Crippen molar-refractivity contribution in [3.05, 3.63) is 35.9 Å². The van der Waals surface area contributed by atoms with Gasteiger partial charge in [0.05, 0.1) is 6.10 Å². The van der Waals surface area contributed by atoms with Gasteiger partial charge in [-0.05, 0) is 31.7 Å². The molecule has 1 fully saturated rings. The van der Waals surface area contributed by atoms with E-state index in [0.29, 0.717) is 6.04 Å². The molecule has 0 aromatic heterocycles. The van der Waals surface area contributed by atoms with Crippen molar-refractivity contribution in [2.75, 3.05) is 0 Å². The van der Waals surface area contributed by atoms with Crippen LogP contribution in [0.5, 0.6) is 0 Å². The molecule has 0 amide bonds. The monoisotopic (exact) mass is 205 g/mol. The first-order valence-electron chi connectivity index (χ1n) is 5.76. The second kappa shape index (κ2) is 4.77. The van der Waals surface area contributed by atoms with E-state index in [9.17, 15) is 5.11 Å². The molecule has 0 spiro atoms. The van der Waals surface area contributed by atoms with Gasteiger partial charge in [0.15, 0.2) is 0 Å². The molecule has 2 N–H and O–H groups in total. The highest BCUT2D eigenvalue weighted by Crippen LogP contribution is 2.22. The van der Waals surface area contributed by atoms with E-state index < -0.39 is 0 Å². The van der Waals surface area contributed by atoms with Crippen molar-refractivity contribution >= 4 is 0 Å². The number of benzene rings is 1. The van der Waals surface area contributed by atoms with Crippen LogP contribution in [0, 0.1) is 0 Å². The predicted molar refractivity (Wildman–Crippen MR) is 61.6 cm³/mol. The van der Waals surface area contributed by atoms with E-state index in [1.54, 1.807) is 0 Å². The molecule has 0 unspecified atom stereocenters. The molecule has 2 nitrogen and oxygen atoms in total. The minimum atomic E-state index is -0.156. The van der Waals surface area contributed by atoms with Crippen LogP contribution in [0.15, 0.2) is 30.3 Å². The van der Waals surface area contributed by atoms with Crippen molar-refractivity contribution in [3.63, 3.8) is 0 Å². The van der Waals surface area contributed by atoms with Crippen molar-refractivity contribution < 1.29 is 5.11 Å². The van der Waals surface area contributed by atoms with Crippen LogP contribution in [0.3, 0.4) is 0 Å². The molecule has 15 heavy (non-hydrogen) atoms. The molecule has 0 saturated heterocycles. The van der Waals surface area contributed by atoms with E-state index in [4.69, 9.17) is 0 Å². The third-order valence-corrected chi connectivity index (χ3v) is 3.24. The first-order valence-corrected chi connectivity index (χ1v) is 5.76. The SMILES string of the molecule is C[C@H](N[C@H]1CCC[C@@H]1O)c1ccccc1. The quantitative estimate of drug-likeness (QED) is 0.793. The normalized spacial score (nSPS) is 27.9. The number of aliphatic hydroxyl groups is 1. The molecule has 0 radical (unpaired) electrons. The maximum Gasteiger partial charge on any atom is 0.0693 e. The fourth-order valence-corrected chi connectivity index (χ4v) is 2.29. The summed E-state index contributed by atoms with van der Waals surface area (Å²) in [5, 5.41) is 13.2. The van der Waals surface area contributed by atoms with Crippen molar-refractivity contribution in [1.29, 1.82) is 0 Å². The van der Waals surface area contributed by atoms with E-state index in [2.05, 4.69) is 36.5 Å². The number of nitrogens with one attached hydrogen (secondary N) is 1. The Balaban J connectivity index is 1.95. The zero-order valence-corrected chi connectivity index (χ0v) is 9.19. The molecule has 0 bridgehead atoms. The van der Waals surface area contributed by atoms with Gasteiger partial charge in [-0.15, -0.1) is 0 Å². The smallest absolute Gasteiger partial charge is 0.0693 e. The zero-order chi connectivity index (χ0) is 10.7. The van der Waals surface area contributed by atoms with Crippen LogP contribution in [0.25, 0.3) is 0 Å². The molecule has 1 aromatic rings. The van der Waals surface area contributed by atoms with E-state index >= 15 is 0 Å². The van der Waals surface area contributed by atoms with E-state index in [-0.39, 0.29) is 12.1 Å². The predicted octanol–water partition coefficient (Wildman–Crippen LogP) is 2.25. The average Bonchev–Trinajstić information content (AvgIpc) is 2.66. The molecule has 0 aliphatic heterocycles. The fourth-order valence-electron chi connectivity index (χ4n) is 2.29. The van der Waals surface area contributed by atoms with Crippen LogP contribution in [0.2, 0.25) is 0 Å². The van der Waals surface area contributed by atoms with Gasteiger partial charge in [0.2, 0.25) is 0 Å². The number of hydrogen-bond donors (Lipinski definition) is 2. The Morgan fingerprint density at radius 2 is 2.00 bits per heavy atom. The van der Waals surface area contributed by atoms with E-state index in [1.165, 1.54) is 5.56 Å². The lowest BCUT2D eigenvalue weighted by molar-refractivity contribution is 0.144. The highest BCUT2D eigenvalue weighted by atomic mass is 16.3. The molecule has 1 aliphatic carbocycles. The second-order valence-corrected chi connectivity index (χ2v) is 4.40. The van der Waals surface area contributed by atoms with Crippen LogP contribution in [-0.2, 0) is 0 Å². The van der Waals surface area contributed by atoms with Gasteiger partial charge >= 0.3 is 0 Å². The molecule has 1 saturated carbocycles. The minimum absolute atomic E-state index is 0.156. The number of aliphatic hydroxyl groups excluding tert-OH is 1. The fraction of sp³-hybridized carbons (Fsp3) is 0.538. The minimum Gasteiger partial charge on any atom is -0.392 e. The first kappa shape index (κ1) is 10.7. The second-order valence-electron chi connectivity index (χ2n) is 4.40. The lowest BCUT2D eigenvalue weighted by Gasteiger charge is -2.22. The summed E-state index contributed by atoms with van der Waals surface area (Å²) in [5.41, 5.74) is 1.29. The van der Waals surface area contributed by atoms with Gasteiger partial charge in [0.25, 0.3) is 0 Å². The van der Waals surface area contributed by atoms with E-state index in [1.807, 2.05) is 6.07 Å². The molecule has 82 valence electrons. The third-order valence-electron chi connectivity index (χ3n) is 3.24. The van der Waals surface area contributed by atoms with Crippen molar-refractivity contribution in [1.82, 2.24) is 5.32 Å². The first-order chi connectivity index (χ1) is 7.27. The summed E-state index contributed by atoms with van der Waals surface area (Å²) >= 11 is 0. The Hall–Kier alpha value is -0.860. The molecule has 3 atom stereocenters. The van der Waals surface area contributed by atoms with Crippen LogP contribution in [-0.4, -0.2) is 17.3 Å². The topological polar surface area (TPSA) is 32.3 Å². The van der Waals surface area contributed by atoms with Gasteiger partial charge in [-0.3, -0.25) is 0 Å². The van der Waals surface area contributed by atoms with Crippen LogP contribution in [0.1, 0.15) is 37.8 Å². The third kappa shape index (κ3) is 2.58. The Bertz CT molecular complexity index is 299. The highest BCUT2D eigenvalue weighted by molar-refractivity contribution is 5.18. The van der Waals surface area contributed by atoms with Crippen LogP contribution >= 0.6 is 0 Å². The Morgan fingerprint density at radius 1 is 1.27 bits per heavy atom. The van der Waals surface area contributed by atoms with Crippen LogP contribution in [0.4, 0.5) is 0 Å². The van der Waals surface area contributed by atoms with E-state index in [0.717, 1.165) is 19.3 Å². The van der Waals surface area contributed by atoms with Gasteiger partial charge in [-0.1, -0.05) is 30.3 Å². The lowest BCUT2D eigenvalue weighted by Crippen LogP contribution is -2.37. The number of hydrogen-bond acceptors (Lipinski definition) is 2. The van der Waals surface area contributed by atoms with Gasteiger partial charge in [0.1, 0.15) is 0 Å². The number of rotatable bonds is 3. The summed E-state index contributed by atoms with van der Waals surface area (Å²) in [7, 11) is 0. The molecular formula is C13H19NO. The van der Waals surface area contributed by atoms with Gasteiger partial charge < -0.3 is 10.4 Å². The summed E-state index contributed by atoms with van der Waals surface area (Å²) < 4.78 is 0. The summed E-state index contributed by atoms with van der Waals surface area (Å²) in [6, 6.07) is 11.0.